The quantitative estimate of drug-likeness (QED) is 0.834. The van der Waals surface area contributed by atoms with E-state index in [-0.39, 0.29) is 18.4 Å². The molecule has 0 saturated heterocycles. The Hall–Kier alpha value is -2.77. The summed E-state index contributed by atoms with van der Waals surface area (Å²) < 4.78 is 0. The summed E-state index contributed by atoms with van der Waals surface area (Å²) in [4.78, 5) is 30.8. The smallest absolute Gasteiger partial charge is 0.244 e. The van der Waals surface area contributed by atoms with Gasteiger partial charge in [0, 0.05) is 26.2 Å². The van der Waals surface area contributed by atoms with Gasteiger partial charge in [0.05, 0.1) is 6.54 Å². The molecular weight excluding hydrogens is 294 g/mol. The van der Waals surface area contributed by atoms with Crippen LogP contribution in [0.1, 0.15) is 25.6 Å². The number of nitrogens with one attached hydrogen (secondary N) is 2. The molecule has 122 valence electrons. The van der Waals surface area contributed by atoms with Crippen molar-refractivity contribution in [3.05, 3.63) is 30.2 Å². The number of pyridine rings is 1. The van der Waals surface area contributed by atoms with Crippen molar-refractivity contribution < 1.29 is 4.79 Å². The van der Waals surface area contributed by atoms with Gasteiger partial charge >= 0.3 is 0 Å². The van der Waals surface area contributed by atoms with Crippen molar-refractivity contribution in [1.82, 2.24) is 19.9 Å². The van der Waals surface area contributed by atoms with Crippen LogP contribution in [0, 0.1) is 0 Å². The van der Waals surface area contributed by atoms with Crippen LogP contribution in [0.25, 0.3) is 0 Å². The Bertz CT molecular complexity index is 632. The van der Waals surface area contributed by atoms with Crippen LogP contribution in [0.3, 0.4) is 0 Å². The molecule has 2 N–H and O–H groups in total. The highest BCUT2D eigenvalue weighted by Gasteiger charge is 2.12. The van der Waals surface area contributed by atoms with Crippen LogP contribution in [-0.2, 0) is 4.79 Å². The predicted octanol–water partition coefficient (Wildman–Crippen LogP) is 1.51. The molecule has 0 radical (unpaired) electrons. The molecule has 0 saturated carbocycles. The molecule has 0 bridgehead atoms. The fraction of sp³-hybridized carbons (Fsp3) is 0.400. The number of carbonyl (C=O) groups is 1. The summed E-state index contributed by atoms with van der Waals surface area (Å²) in [7, 11) is 3.72. The molecule has 0 spiro atoms. The van der Waals surface area contributed by atoms with Gasteiger partial charge in [-0.2, -0.15) is 15.0 Å². The lowest BCUT2D eigenvalue weighted by molar-refractivity contribution is -0.114. The number of rotatable bonds is 6. The molecular formula is C15H21N7O. The van der Waals surface area contributed by atoms with Gasteiger partial charge in [-0.3, -0.25) is 4.79 Å². The second kappa shape index (κ2) is 7.48. The molecule has 2 aromatic heterocycles. The monoisotopic (exact) mass is 315 g/mol. The Balaban J connectivity index is 2.03. The molecule has 0 aliphatic carbocycles. The van der Waals surface area contributed by atoms with Crippen molar-refractivity contribution in [2.24, 2.45) is 0 Å². The fourth-order valence-electron chi connectivity index (χ4n) is 1.70. The van der Waals surface area contributed by atoms with Gasteiger partial charge in [-0.15, -0.1) is 0 Å². The molecule has 0 aliphatic rings. The summed E-state index contributed by atoms with van der Waals surface area (Å²) in [6.07, 6.45) is 1.62. The number of amides is 1. The van der Waals surface area contributed by atoms with Gasteiger partial charge in [-0.1, -0.05) is 19.9 Å². The summed E-state index contributed by atoms with van der Waals surface area (Å²) in [5.74, 6) is 2.06. The summed E-state index contributed by atoms with van der Waals surface area (Å²) >= 11 is 0. The van der Waals surface area contributed by atoms with Gasteiger partial charge in [0.25, 0.3) is 0 Å². The molecule has 0 aliphatic heterocycles. The van der Waals surface area contributed by atoms with Gasteiger partial charge in [-0.25, -0.2) is 4.98 Å². The minimum absolute atomic E-state index is 0.0466. The Kier molecular flexibility index (Phi) is 5.40. The standard InChI is InChI=1S/C15H21N7O/c1-10(2)13-19-14(21-15(20-13)22(3)4)17-9-12(23)18-11-7-5-6-8-16-11/h5-8,10H,9H2,1-4H3,(H,16,18,23)(H,17,19,20,21). The maximum absolute atomic E-state index is 11.9. The molecule has 0 atom stereocenters. The summed E-state index contributed by atoms with van der Waals surface area (Å²) in [5.41, 5.74) is 0. The number of carbonyl (C=O) groups excluding carboxylic acids is 1. The maximum atomic E-state index is 11.9. The lowest BCUT2D eigenvalue weighted by Gasteiger charge is -2.14. The van der Waals surface area contributed by atoms with Crippen molar-refractivity contribution in [3.63, 3.8) is 0 Å². The van der Waals surface area contributed by atoms with Crippen molar-refractivity contribution in [1.29, 1.82) is 0 Å². The average molecular weight is 315 g/mol. The Labute approximate surface area is 135 Å². The van der Waals surface area contributed by atoms with Crippen molar-refractivity contribution in [2.75, 3.05) is 36.2 Å². The highest BCUT2D eigenvalue weighted by Crippen LogP contribution is 2.14. The maximum Gasteiger partial charge on any atom is 0.244 e. The number of anilines is 3. The normalized spacial score (nSPS) is 10.5. The third kappa shape index (κ3) is 4.87. The first kappa shape index (κ1) is 16.6. The zero-order valence-electron chi connectivity index (χ0n) is 13.7. The largest absolute Gasteiger partial charge is 0.347 e. The van der Waals surface area contributed by atoms with Crippen molar-refractivity contribution in [2.45, 2.75) is 19.8 Å². The second-order valence-corrected chi connectivity index (χ2v) is 5.48. The van der Waals surface area contributed by atoms with Crippen LogP contribution in [0.15, 0.2) is 24.4 Å². The van der Waals surface area contributed by atoms with E-state index in [4.69, 9.17) is 0 Å². The predicted molar refractivity (Wildman–Crippen MR) is 89.6 cm³/mol. The fourth-order valence-corrected chi connectivity index (χ4v) is 1.70. The minimum atomic E-state index is -0.221. The van der Waals surface area contributed by atoms with Crippen LogP contribution in [-0.4, -0.2) is 46.5 Å². The Morgan fingerprint density at radius 1 is 1.22 bits per heavy atom. The Morgan fingerprint density at radius 3 is 2.61 bits per heavy atom. The van der Waals surface area contributed by atoms with Gasteiger partial charge in [0.2, 0.25) is 17.8 Å². The van der Waals surface area contributed by atoms with E-state index in [0.29, 0.717) is 23.5 Å². The van der Waals surface area contributed by atoms with E-state index in [1.54, 1.807) is 29.3 Å². The highest BCUT2D eigenvalue weighted by atomic mass is 16.2. The summed E-state index contributed by atoms with van der Waals surface area (Å²) in [6, 6.07) is 5.32. The van der Waals surface area contributed by atoms with E-state index in [9.17, 15) is 4.79 Å². The van der Waals surface area contributed by atoms with Crippen LogP contribution >= 0.6 is 0 Å². The molecule has 2 rings (SSSR count). The first-order valence-electron chi connectivity index (χ1n) is 7.33. The van der Waals surface area contributed by atoms with Crippen LogP contribution in [0.5, 0.6) is 0 Å². The molecule has 0 fully saturated rings. The third-order valence-corrected chi connectivity index (χ3v) is 2.90. The van der Waals surface area contributed by atoms with Crippen molar-refractivity contribution in [3.8, 4) is 0 Å². The topological polar surface area (TPSA) is 95.9 Å². The van der Waals surface area contributed by atoms with E-state index in [1.807, 2.05) is 27.9 Å². The summed E-state index contributed by atoms with van der Waals surface area (Å²) in [6.45, 7) is 4.06. The van der Waals surface area contributed by atoms with E-state index in [2.05, 4.69) is 30.6 Å². The molecule has 2 aromatic rings. The van der Waals surface area contributed by atoms with E-state index in [0.717, 1.165) is 0 Å². The van der Waals surface area contributed by atoms with Gasteiger partial charge in [0.15, 0.2) is 0 Å². The molecule has 0 aromatic carbocycles. The first-order chi connectivity index (χ1) is 11.0. The van der Waals surface area contributed by atoms with Crippen LogP contribution in [0.2, 0.25) is 0 Å². The van der Waals surface area contributed by atoms with E-state index >= 15 is 0 Å². The summed E-state index contributed by atoms with van der Waals surface area (Å²) in [5, 5.41) is 5.62. The number of hydrogen-bond donors (Lipinski definition) is 2. The third-order valence-electron chi connectivity index (χ3n) is 2.90. The lowest BCUT2D eigenvalue weighted by atomic mass is 10.2. The van der Waals surface area contributed by atoms with Gasteiger partial charge in [-0.05, 0) is 12.1 Å². The van der Waals surface area contributed by atoms with Crippen LogP contribution in [0.4, 0.5) is 17.7 Å². The number of hydrogen-bond acceptors (Lipinski definition) is 7. The zero-order chi connectivity index (χ0) is 16.8. The van der Waals surface area contributed by atoms with E-state index in [1.165, 1.54) is 0 Å². The van der Waals surface area contributed by atoms with E-state index < -0.39 is 0 Å². The zero-order valence-corrected chi connectivity index (χ0v) is 13.7. The average Bonchev–Trinajstić information content (AvgIpc) is 2.53. The Morgan fingerprint density at radius 2 is 2.00 bits per heavy atom. The SMILES string of the molecule is CC(C)c1nc(NCC(=O)Nc2ccccn2)nc(N(C)C)n1. The highest BCUT2D eigenvalue weighted by molar-refractivity contribution is 5.92. The molecule has 1 amide bonds. The first-order valence-corrected chi connectivity index (χ1v) is 7.33. The number of nitrogens with zero attached hydrogens (tertiary/aromatic N) is 5. The minimum Gasteiger partial charge on any atom is -0.347 e. The molecule has 8 heteroatoms. The van der Waals surface area contributed by atoms with Crippen molar-refractivity contribution >= 4 is 23.6 Å². The second-order valence-electron chi connectivity index (χ2n) is 5.48. The van der Waals surface area contributed by atoms with Crippen LogP contribution < -0.4 is 15.5 Å². The molecule has 23 heavy (non-hydrogen) atoms. The van der Waals surface area contributed by atoms with Gasteiger partial charge < -0.3 is 15.5 Å². The molecule has 2 heterocycles. The molecule has 0 unspecified atom stereocenters. The lowest BCUT2D eigenvalue weighted by Crippen LogP contribution is -2.24. The van der Waals surface area contributed by atoms with Gasteiger partial charge in [0.1, 0.15) is 11.6 Å². The molecule has 8 nitrogen and oxygen atoms in total. The number of aromatic nitrogens is 4.